The van der Waals surface area contributed by atoms with Crippen LogP contribution in [0.15, 0.2) is 54.6 Å². The molecule has 0 bridgehead atoms. The Morgan fingerprint density at radius 2 is 1.93 bits per heavy atom. The molecule has 2 unspecified atom stereocenters. The maximum absolute atomic E-state index is 10.9. The van der Waals surface area contributed by atoms with Crippen LogP contribution in [0, 0.1) is 5.92 Å². The molecule has 2 atom stereocenters. The molecule has 1 aromatic rings. The zero-order chi connectivity index (χ0) is 10.7. The van der Waals surface area contributed by atoms with Crippen LogP contribution in [0.4, 0.5) is 0 Å². The molecular formula is C13H12O2. The van der Waals surface area contributed by atoms with Gasteiger partial charge in [0.1, 0.15) is 11.9 Å². The topological polar surface area (TPSA) is 37.3 Å². The van der Waals surface area contributed by atoms with Crippen LogP contribution in [-0.4, -0.2) is 11.4 Å². The first-order valence-corrected chi connectivity index (χ1v) is 4.86. The average Bonchev–Trinajstić information content (AvgIpc) is 2.31. The molecule has 0 fully saturated rings. The summed E-state index contributed by atoms with van der Waals surface area (Å²) in [4.78, 5) is 10.9. The van der Waals surface area contributed by atoms with E-state index >= 15 is 0 Å². The van der Waals surface area contributed by atoms with E-state index in [9.17, 15) is 9.90 Å². The van der Waals surface area contributed by atoms with Gasteiger partial charge in [-0.05, 0) is 11.6 Å². The second-order valence-corrected chi connectivity index (χ2v) is 3.60. The zero-order valence-electron chi connectivity index (χ0n) is 8.21. The molecule has 2 rings (SSSR count). The highest BCUT2D eigenvalue weighted by atomic mass is 16.3. The summed E-state index contributed by atoms with van der Waals surface area (Å²) in [7, 11) is 0. The van der Waals surface area contributed by atoms with E-state index in [-0.39, 0.29) is 0 Å². The van der Waals surface area contributed by atoms with Gasteiger partial charge in [0.05, 0.1) is 5.92 Å². The van der Waals surface area contributed by atoms with Crippen molar-refractivity contribution in [2.75, 3.05) is 0 Å². The van der Waals surface area contributed by atoms with Crippen LogP contribution >= 0.6 is 0 Å². The normalized spacial score (nSPS) is 29.0. The third-order valence-electron chi connectivity index (χ3n) is 2.67. The number of carbonyl (C=O) groups excluding carboxylic acids is 1. The first kappa shape index (κ1) is 9.87. The van der Waals surface area contributed by atoms with Gasteiger partial charge in [-0.2, -0.15) is 0 Å². The van der Waals surface area contributed by atoms with E-state index in [0.717, 1.165) is 11.8 Å². The average molecular weight is 200 g/mol. The van der Waals surface area contributed by atoms with E-state index in [1.54, 1.807) is 24.3 Å². The number of aliphatic hydroxyl groups is 1. The van der Waals surface area contributed by atoms with Gasteiger partial charge in [-0.1, -0.05) is 48.6 Å². The SMILES string of the molecule is O=CC1C=CC=CC1(O)c1ccccc1. The van der Waals surface area contributed by atoms with Crippen LogP contribution in [0.2, 0.25) is 0 Å². The number of rotatable bonds is 2. The van der Waals surface area contributed by atoms with Gasteiger partial charge < -0.3 is 9.90 Å². The van der Waals surface area contributed by atoms with Crippen molar-refractivity contribution in [2.45, 2.75) is 5.60 Å². The lowest BCUT2D eigenvalue weighted by atomic mass is 9.79. The van der Waals surface area contributed by atoms with Crippen molar-refractivity contribution < 1.29 is 9.90 Å². The maximum Gasteiger partial charge on any atom is 0.130 e. The lowest BCUT2D eigenvalue weighted by Crippen LogP contribution is -2.34. The fourth-order valence-corrected chi connectivity index (χ4v) is 1.79. The summed E-state index contributed by atoms with van der Waals surface area (Å²) in [5, 5.41) is 10.4. The molecule has 76 valence electrons. The molecule has 15 heavy (non-hydrogen) atoms. The van der Waals surface area contributed by atoms with Crippen molar-refractivity contribution in [3.8, 4) is 0 Å². The summed E-state index contributed by atoms with van der Waals surface area (Å²) in [5.74, 6) is -0.509. The predicted molar refractivity (Wildman–Crippen MR) is 58.2 cm³/mol. The Labute approximate surface area is 88.6 Å². The number of aldehydes is 1. The van der Waals surface area contributed by atoms with E-state index in [4.69, 9.17) is 0 Å². The highest BCUT2D eigenvalue weighted by Gasteiger charge is 2.35. The molecule has 1 aromatic carbocycles. The van der Waals surface area contributed by atoms with E-state index in [1.165, 1.54) is 0 Å². The Hall–Kier alpha value is -1.67. The van der Waals surface area contributed by atoms with Gasteiger partial charge in [0, 0.05) is 0 Å². The molecule has 1 N–H and O–H groups in total. The molecule has 0 saturated carbocycles. The molecule has 0 spiro atoms. The van der Waals surface area contributed by atoms with Gasteiger partial charge in [0.2, 0.25) is 0 Å². The minimum absolute atomic E-state index is 0.509. The summed E-state index contributed by atoms with van der Waals surface area (Å²) in [6.07, 6.45) is 7.66. The van der Waals surface area contributed by atoms with Gasteiger partial charge in [0.25, 0.3) is 0 Å². The van der Waals surface area contributed by atoms with Crippen LogP contribution in [0.5, 0.6) is 0 Å². The Bertz CT molecular complexity index is 406. The monoisotopic (exact) mass is 200 g/mol. The number of allylic oxidation sites excluding steroid dienone is 2. The molecular weight excluding hydrogens is 188 g/mol. The number of carbonyl (C=O) groups is 1. The molecule has 1 aliphatic rings. The molecule has 0 aromatic heterocycles. The third-order valence-corrected chi connectivity index (χ3v) is 2.67. The van der Waals surface area contributed by atoms with E-state index < -0.39 is 11.5 Å². The van der Waals surface area contributed by atoms with Crippen molar-refractivity contribution in [2.24, 2.45) is 5.92 Å². The van der Waals surface area contributed by atoms with Crippen molar-refractivity contribution in [1.29, 1.82) is 0 Å². The molecule has 1 aliphatic carbocycles. The lowest BCUT2D eigenvalue weighted by Gasteiger charge is -2.30. The summed E-state index contributed by atoms with van der Waals surface area (Å²) in [6.45, 7) is 0. The highest BCUT2D eigenvalue weighted by Crippen LogP contribution is 2.33. The molecule has 0 radical (unpaired) electrons. The van der Waals surface area contributed by atoms with Crippen LogP contribution in [-0.2, 0) is 10.4 Å². The standard InChI is InChI=1S/C13H12O2/c14-10-12-8-4-5-9-13(12,15)11-6-2-1-3-7-11/h1-10,12,15H. The van der Waals surface area contributed by atoms with E-state index in [1.807, 2.05) is 30.3 Å². The molecule has 2 nitrogen and oxygen atoms in total. The fourth-order valence-electron chi connectivity index (χ4n) is 1.79. The zero-order valence-corrected chi connectivity index (χ0v) is 8.21. The molecule has 0 amide bonds. The van der Waals surface area contributed by atoms with Gasteiger partial charge in [-0.25, -0.2) is 0 Å². The minimum atomic E-state index is -1.20. The largest absolute Gasteiger partial charge is 0.380 e. The second-order valence-electron chi connectivity index (χ2n) is 3.60. The van der Waals surface area contributed by atoms with Crippen LogP contribution in [0.3, 0.4) is 0 Å². The van der Waals surface area contributed by atoms with Crippen molar-refractivity contribution >= 4 is 6.29 Å². The molecule has 0 heterocycles. The quantitative estimate of drug-likeness (QED) is 0.739. The van der Waals surface area contributed by atoms with Gasteiger partial charge >= 0.3 is 0 Å². The van der Waals surface area contributed by atoms with Crippen LogP contribution in [0.25, 0.3) is 0 Å². The van der Waals surface area contributed by atoms with Gasteiger partial charge in [0.15, 0.2) is 0 Å². The lowest BCUT2D eigenvalue weighted by molar-refractivity contribution is -0.115. The number of benzene rings is 1. The van der Waals surface area contributed by atoms with Crippen molar-refractivity contribution in [3.63, 3.8) is 0 Å². The van der Waals surface area contributed by atoms with E-state index in [0.29, 0.717) is 0 Å². The second kappa shape index (κ2) is 3.83. The maximum atomic E-state index is 10.9. The van der Waals surface area contributed by atoms with E-state index in [2.05, 4.69) is 0 Å². The Kier molecular flexibility index (Phi) is 2.52. The smallest absolute Gasteiger partial charge is 0.130 e. The molecule has 2 heteroatoms. The molecule has 0 aliphatic heterocycles. The summed E-state index contributed by atoms with van der Waals surface area (Å²) < 4.78 is 0. The predicted octanol–water partition coefficient (Wildman–Crippen LogP) is 1.82. The van der Waals surface area contributed by atoms with Crippen LogP contribution < -0.4 is 0 Å². The molecule has 0 saturated heterocycles. The number of hydrogen-bond acceptors (Lipinski definition) is 2. The Balaban J connectivity index is 2.45. The van der Waals surface area contributed by atoms with Gasteiger partial charge in [-0.15, -0.1) is 0 Å². The van der Waals surface area contributed by atoms with Gasteiger partial charge in [-0.3, -0.25) is 0 Å². The number of hydrogen-bond donors (Lipinski definition) is 1. The first-order valence-electron chi connectivity index (χ1n) is 4.86. The van der Waals surface area contributed by atoms with Crippen LogP contribution in [0.1, 0.15) is 5.56 Å². The Morgan fingerprint density at radius 3 is 2.60 bits per heavy atom. The third kappa shape index (κ3) is 1.64. The van der Waals surface area contributed by atoms with Crippen molar-refractivity contribution in [3.05, 3.63) is 60.2 Å². The minimum Gasteiger partial charge on any atom is -0.380 e. The van der Waals surface area contributed by atoms with Crippen molar-refractivity contribution in [1.82, 2.24) is 0 Å². The fraction of sp³-hybridized carbons (Fsp3) is 0.154. The Morgan fingerprint density at radius 1 is 1.20 bits per heavy atom. The summed E-state index contributed by atoms with van der Waals surface area (Å²) in [5.41, 5.74) is -0.458. The summed E-state index contributed by atoms with van der Waals surface area (Å²) in [6, 6.07) is 9.22. The first-order chi connectivity index (χ1) is 7.27. The summed E-state index contributed by atoms with van der Waals surface area (Å²) >= 11 is 0. The highest BCUT2D eigenvalue weighted by molar-refractivity contribution is 5.62.